The predicted octanol–water partition coefficient (Wildman–Crippen LogP) is 3.76. The maximum Gasteiger partial charge on any atom is 0.243 e. The Bertz CT molecular complexity index is 1150. The number of hydrogen-bond acceptors (Lipinski definition) is 6. The number of amides is 1. The fraction of sp³-hybridized carbons (Fsp3) is 0.536. The molecule has 2 saturated heterocycles. The molecule has 0 aromatic heterocycles. The third-order valence-electron chi connectivity index (χ3n) is 7.40. The van der Waals surface area contributed by atoms with Crippen LogP contribution < -0.4 is 15.0 Å². The number of rotatable bonds is 9. The molecule has 8 nitrogen and oxygen atoms in total. The highest BCUT2D eigenvalue weighted by Gasteiger charge is 2.27. The Morgan fingerprint density at radius 1 is 1.08 bits per heavy atom. The third kappa shape index (κ3) is 6.83. The molecule has 1 amide bonds. The number of sulfonamides is 1. The number of ether oxygens (including phenoxy) is 2. The molecule has 0 bridgehead atoms. The van der Waals surface area contributed by atoms with Gasteiger partial charge in [-0.2, -0.15) is 4.31 Å². The van der Waals surface area contributed by atoms with Crippen LogP contribution in [0, 0.1) is 5.92 Å². The van der Waals surface area contributed by atoms with Crippen molar-refractivity contribution in [2.75, 3.05) is 51.4 Å². The molecule has 2 aliphatic heterocycles. The van der Waals surface area contributed by atoms with Gasteiger partial charge < -0.3 is 19.7 Å². The van der Waals surface area contributed by atoms with Crippen LogP contribution in [-0.2, 0) is 26.0 Å². The quantitative estimate of drug-likeness (QED) is 0.532. The fourth-order valence-electron chi connectivity index (χ4n) is 4.93. The largest absolute Gasteiger partial charge is 0.496 e. The summed E-state index contributed by atoms with van der Waals surface area (Å²) in [5.41, 5.74) is 2.98. The standard InChI is InChI=1S/C28H39N3O5S/c1-21-12-14-30(15-13-21)25-7-4-23(5-8-25)22(2)29-28(32)11-6-24-20-26(9-10-27(24)35-3)37(33,34)31-16-18-36-19-17-31/h4-5,7-10,20-22H,6,11-19H2,1-3H3,(H,29,32)/t22-/m0/s1. The van der Waals surface area contributed by atoms with E-state index in [0.29, 0.717) is 44.0 Å². The molecule has 0 saturated carbocycles. The van der Waals surface area contributed by atoms with Gasteiger partial charge in [0.05, 0.1) is 31.3 Å². The Morgan fingerprint density at radius 2 is 1.76 bits per heavy atom. The van der Waals surface area contributed by atoms with E-state index in [0.717, 1.165) is 24.6 Å². The molecule has 202 valence electrons. The summed E-state index contributed by atoms with van der Waals surface area (Å²) in [6, 6.07) is 13.2. The molecule has 0 spiro atoms. The van der Waals surface area contributed by atoms with Crippen LogP contribution in [0.3, 0.4) is 0 Å². The zero-order chi connectivity index (χ0) is 26.4. The Labute approximate surface area is 221 Å². The first-order chi connectivity index (χ1) is 17.8. The average Bonchev–Trinajstić information content (AvgIpc) is 2.92. The number of hydrogen-bond donors (Lipinski definition) is 1. The van der Waals surface area contributed by atoms with Crippen LogP contribution in [0.5, 0.6) is 5.75 Å². The third-order valence-corrected chi connectivity index (χ3v) is 9.30. The van der Waals surface area contributed by atoms with Crippen molar-refractivity contribution in [3.8, 4) is 5.75 Å². The summed E-state index contributed by atoms with van der Waals surface area (Å²) in [5, 5.41) is 3.07. The highest BCUT2D eigenvalue weighted by molar-refractivity contribution is 7.89. The van der Waals surface area contributed by atoms with Gasteiger partial charge in [-0.15, -0.1) is 0 Å². The number of carbonyl (C=O) groups excluding carboxylic acids is 1. The van der Waals surface area contributed by atoms with Crippen molar-refractivity contribution in [3.63, 3.8) is 0 Å². The first kappa shape index (κ1) is 27.4. The van der Waals surface area contributed by atoms with Crippen LogP contribution in [0.25, 0.3) is 0 Å². The molecule has 0 radical (unpaired) electrons. The van der Waals surface area contributed by atoms with Crippen molar-refractivity contribution < 1.29 is 22.7 Å². The highest BCUT2D eigenvalue weighted by atomic mass is 32.2. The van der Waals surface area contributed by atoms with Gasteiger partial charge in [0.15, 0.2) is 0 Å². The molecule has 1 N–H and O–H groups in total. The van der Waals surface area contributed by atoms with E-state index >= 15 is 0 Å². The van der Waals surface area contributed by atoms with Crippen molar-refractivity contribution in [1.29, 1.82) is 0 Å². The van der Waals surface area contributed by atoms with E-state index in [1.807, 2.05) is 6.92 Å². The van der Waals surface area contributed by atoms with Crippen molar-refractivity contribution in [3.05, 3.63) is 53.6 Å². The Hall–Kier alpha value is -2.62. The number of morpholine rings is 1. The molecule has 0 unspecified atom stereocenters. The van der Waals surface area contributed by atoms with Gasteiger partial charge in [-0.05, 0) is 73.6 Å². The van der Waals surface area contributed by atoms with Crippen LogP contribution in [0.4, 0.5) is 5.69 Å². The lowest BCUT2D eigenvalue weighted by atomic mass is 9.98. The number of nitrogens with one attached hydrogen (secondary N) is 1. The zero-order valence-corrected chi connectivity index (χ0v) is 22.9. The first-order valence-corrected chi connectivity index (χ1v) is 14.6. The van der Waals surface area contributed by atoms with Gasteiger partial charge in [-0.1, -0.05) is 19.1 Å². The second-order valence-corrected chi connectivity index (χ2v) is 12.0. The molecule has 9 heteroatoms. The number of anilines is 1. The molecular weight excluding hydrogens is 490 g/mol. The van der Waals surface area contributed by atoms with Gasteiger partial charge in [-0.25, -0.2) is 8.42 Å². The van der Waals surface area contributed by atoms with Gasteiger partial charge in [0.25, 0.3) is 0 Å². The molecule has 2 aromatic carbocycles. The van der Waals surface area contributed by atoms with Crippen LogP contribution >= 0.6 is 0 Å². The Morgan fingerprint density at radius 3 is 2.41 bits per heavy atom. The minimum atomic E-state index is -3.62. The van der Waals surface area contributed by atoms with Gasteiger partial charge in [0.1, 0.15) is 5.75 Å². The molecule has 2 heterocycles. The zero-order valence-electron chi connectivity index (χ0n) is 22.1. The normalized spacial score (nSPS) is 18.4. The molecule has 37 heavy (non-hydrogen) atoms. The monoisotopic (exact) mass is 529 g/mol. The van der Waals surface area contributed by atoms with E-state index in [2.05, 4.69) is 41.4 Å². The second-order valence-electron chi connectivity index (χ2n) is 10.0. The minimum absolute atomic E-state index is 0.0925. The van der Waals surface area contributed by atoms with E-state index in [9.17, 15) is 13.2 Å². The lowest BCUT2D eigenvalue weighted by molar-refractivity contribution is -0.121. The van der Waals surface area contributed by atoms with Gasteiger partial charge in [-0.3, -0.25) is 4.79 Å². The van der Waals surface area contributed by atoms with E-state index in [1.165, 1.54) is 22.8 Å². The summed E-state index contributed by atoms with van der Waals surface area (Å²) >= 11 is 0. The SMILES string of the molecule is COc1ccc(S(=O)(=O)N2CCOCC2)cc1CCC(=O)N[C@@H](C)c1ccc(N2CCC(C)CC2)cc1. The van der Waals surface area contributed by atoms with Crippen molar-refractivity contribution >= 4 is 21.6 Å². The lowest BCUT2D eigenvalue weighted by Crippen LogP contribution is -2.40. The number of carbonyl (C=O) groups is 1. The van der Waals surface area contributed by atoms with Crippen LogP contribution in [0.1, 0.15) is 50.3 Å². The molecule has 0 aliphatic carbocycles. The number of piperidine rings is 1. The number of nitrogens with zero attached hydrogens (tertiary/aromatic N) is 2. The summed E-state index contributed by atoms with van der Waals surface area (Å²) in [4.78, 5) is 15.4. The summed E-state index contributed by atoms with van der Waals surface area (Å²) in [6.07, 6.45) is 3.05. The summed E-state index contributed by atoms with van der Waals surface area (Å²) in [6.45, 7) is 7.92. The maximum atomic E-state index is 13.1. The van der Waals surface area contributed by atoms with Gasteiger partial charge in [0, 0.05) is 38.3 Å². The topological polar surface area (TPSA) is 88.2 Å². The number of aryl methyl sites for hydroxylation is 1. The number of benzene rings is 2. The minimum Gasteiger partial charge on any atom is -0.496 e. The second kappa shape index (κ2) is 12.3. The fourth-order valence-corrected chi connectivity index (χ4v) is 6.39. The van der Waals surface area contributed by atoms with Crippen molar-refractivity contribution in [2.45, 2.75) is 50.5 Å². The van der Waals surface area contributed by atoms with Crippen LogP contribution in [-0.4, -0.2) is 65.1 Å². The van der Waals surface area contributed by atoms with E-state index in [1.54, 1.807) is 25.3 Å². The first-order valence-electron chi connectivity index (χ1n) is 13.2. The Kier molecular flexibility index (Phi) is 9.10. The van der Waals surface area contributed by atoms with Crippen LogP contribution in [0.2, 0.25) is 0 Å². The summed E-state index contributed by atoms with van der Waals surface area (Å²) < 4.78 is 38.3. The molecular formula is C28H39N3O5S. The van der Waals surface area contributed by atoms with E-state index < -0.39 is 10.0 Å². The average molecular weight is 530 g/mol. The van der Waals surface area contributed by atoms with Gasteiger partial charge >= 0.3 is 0 Å². The summed E-state index contributed by atoms with van der Waals surface area (Å²) in [5.74, 6) is 1.27. The van der Waals surface area contributed by atoms with Gasteiger partial charge in [0.2, 0.25) is 15.9 Å². The molecule has 4 rings (SSSR count). The molecule has 2 aromatic rings. The lowest BCUT2D eigenvalue weighted by Gasteiger charge is -2.32. The van der Waals surface area contributed by atoms with Crippen molar-refractivity contribution in [1.82, 2.24) is 9.62 Å². The Balaban J connectivity index is 1.35. The highest BCUT2D eigenvalue weighted by Crippen LogP contribution is 2.27. The van der Waals surface area contributed by atoms with E-state index in [-0.39, 0.29) is 23.3 Å². The van der Waals surface area contributed by atoms with E-state index in [4.69, 9.17) is 9.47 Å². The van der Waals surface area contributed by atoms with Crippen molar-refractivity contribution in [2.24, 2.45) is 5.92 Å². The smallest absolute Gasteiger partial charge is 0.243 e. The predicted molar refractivity (Wildman–Crippen MR) is 145 cm³/mol. The number of methoxy groups -OCH3 is 1. The summed E-state index contributed by atoms with van der Waals surface area (Å²) in [7, 11) is -2.08. The molecule has 1 atom stereocenters. The molecule has 2 aliphatic rings. The molecule has 2 fully saturated rings. The maximum absolute atomic E-state index is 13.1. The van der Waals surface area contributed by atoms with Crippen LogP contribution in [0.15, 0.2) is 47.4 Å².